The summed E-state index contributed by atoms with van der Waals surface area (Å²) in [7, 11) is 2.49. The summed E-state index contributed by atoms with van der Waals surface area (Å²) in [6, 6.07) is 7.90. The van der Waals surface area contributed by atoms with Crippen LogP contribution in [0.15, 0.2) is 42.5 Å². The van der Waals surface area contributed by atoms with Crippen molar-refractivity contribution in [3.8, 4) is 11.6 Å². The first-order valence-electron chi connectivity index (χ1n) is 9.59. The number of aryl methyl sites for hydroxylation is 1. The molecule has 1 N–H and O–H groups in total. The van der Waals surface area contributed by atoms with E-state index in [1.807, 2.05) is 0 Å². The maximum atomic E-state index is 14.0. The van der Waals surface area contributed by atoms with Gasteiger partial charge in [-0.2, -0.15) is 5.10 Å². The van der Waals surface area contributed by atoms with E-state index in [0.29, 0.717) is 17.2 Å². The van der Waals surface area contributed by atoms with Gasteiger partial charge in [0.05, 0.1) is 18.7 Å². The fraction of sp³-hybridized carbons (Fsp3) is 0.227. The molecule has 1 aromatic heterocycles. The number of ether oxygens (including phenoxy) is 2. The van der Waals surface area contributed by atoms with Crippen LogP contribution in [0.1, 0.15) is 51.4 Å². The van der Waals surface area contributed by atoms with Crippen molar-refractivity contribution >= 4 is 11.9 Å². The zero-order chi connectivity index (χ0) is 24.3. The van der Waals surface area contributed by atoms with E-state index in [-0.39, 0.29) is 0 Å². The number of alkyl halides is 2. The Morgan fingerprint density at radius 1 is 1.09 bits per heavy atom. The van der Waals surface area contributed by atoms with Gasteiger partial charge in [0.1, 0.15) is 17.1 Å². The van der Waals surface area contributed by atoms with E-state index in [4.69, 9.17) is 4.74 Å². The van der Waals surface area contributed by atoms with Gasteiger partial charge in [0, 0.05) is 13.1 Å². The third-order valence-electron chi connectivity index (χ3n) is 4.74. The number of hydrogen-bond acceptors (Lipinski definition) is 5. The quantitative estimate of drug-likeness (QED) is 0.404. The molecule has 0 radical (unpaired) electrons. The third kappa shape index (κ3) is 5.13. The molecule has 33 heavy (non-hydrogen) atoms. The number of nitrogens with one attached hydrogen (secondary N) is 1. The van der Waals surface area contributed by atoms with E-state index in [1.54, 1.807) is 19.1 Å². The summed E-state index contributed by atoms with van der Waals surface area (Å²) < 4.78 is 65.2. The van der Waals surface area contributed by atoms with E-state index in [1.165, 1.54) is 26.3 Å². The van der Waals surface area contributed by atoms with Gasteiger partial charge in [-0.1, -0.05) is 12.1 Å². The first-order valence-corrected chi connectivity index (χ1v) is 9.59. The standard InChI is InChI=1S/C22H19F4N3O4/c1-11(12-4-6-13(7-5-12)22(31)32-3)27-20(30)17-18(19(25)26)28-29(2)21(17)33-16-9-8-14(23)10-15(16)24/h4-11,19H,1-3H3,(H,27,30)/t11-/m0/s1. The summed E-state index contributed by atoms with van der Waals surface area (Å²) in [5, 5.41) is 6.19. The number of carbonyl (C=O) groups is 2. The van der Waals surface area contributed by atoms with Crippen LogP contribution in [0.2, 0.25) is 0 Å². The minimum absolute atomic E-state index is 0.295. The molecule has 11 heteroatoms. The van der Waals surface area contributed by atoms with E-state index in [2.05, 4.69) is 15.2 Å². The van der Waals surface area contributed by atoms with Crippen LogP contribution in [-0.2, 0) is 11.8 Å². The van der Waals surface area contributed by atoms with Gasteiger partial charge in [-0.15, -0.1) is 0 Å². The molecule has 0 saturated heterocycles. The first kappa shape index (κ1) is 23.8. The molecular formula is C22H19F4N3O4. The molecule has 1 amide bonds. The van der Waals surface area contributed by atoms with Gasteiger partial charge in [0.25, 0.3) is 12.3 Å². The molecule has 174 valence electrons. The van der Waals surface area contributed by atoms with Crippen LogP contribution < -0.4 is 10.1 Å². The zero-order valence-corrected chi connectivity index (χ0v) is 17.7. The highest BCUT2D eigenvalue weighted by Gasteiger charge is 2.31. The Bertz CT molecular complexity index is 1180. The molecule has 1 heterocycles. The monoisotopic (exact) mass is 465 g/mol. The van der Waals surface area contributed by atoms with Crippen LogP contribution in [0, 0.1) is 11.6 Å². The van der Waals surface area contributed by atoms with E-state index < -0.39 is 58.9 Å². The number of esters is 1. The third-order valence-corrected chi connectivity index (χ3v) is 4.74. The molecule has 3 rings (SSSR count). The molecule has 0 saturated carbocycles. The molecule has 0 aliphatic rings. The number of hydrogen-bond donors (Lipinski definition) is 1. The van der Waals surface area contributed by atoms with E-state index >= 15 is 0 Å². The van der Waals surface area contributed by atoms with Crippen LogP contribution in [0.5, 0.6) is 11.6 Å². The van der Waals surface area contributed by atoms with Crippen LogP contribution >= 0.6 is 0 Å². The highest BCUT2D eigenvalue weighted by atomic mass is 19.3. The minimum Gasteiger partial charge on any atom is -0.465 e. The van der Waals surface area contributed by atoms with E-state index in [0.717, 1.165) is 16.8 Å². The largest absolute Gasteiger partial charge is 0.465 e. The summed E-state index contributed by atoms with van der Waals surface area (Å²) >= 11 is 0. The maximum Gasteiger partial charge on any atom is 0.337 e. The highest BCUT2D eigenvalue weighted by molar-refractivity contribution is 5.98. The molecule has 2 aromatic carbocycles. The molecule has 1 atom stereocenters. The number of rotatable bonds is 7. The molecule has 0 aliphatic heterocycles. The molecule has 0 bridgehead atoms. The predicted octanol–water partition coefficient (Wildman–Crippen LogP) is 4.71. The van der Waals surface area contributed by atoms with Crippen molar-refractivity contribution in [2.45, 2.75) is 19.4 Å². The zero-order valence-electron chi connectivity index (χ0n) is 17.7. The highest BCUT2D eigenvalue weighted by Crippen LogP contribution is 2.34. The fourth-order valence-corrected chi connectivity index (χ4v) is 3.05. The summed E-state index contributed by atoms with van der Waals surface area (Å²) in [6.45, 7) is 1.60. The van der Waals surface area contributed by atoms with Gasteiger partial charge in [-0.05, 0) is 36.8 Å². The molecule has 0 aliphatic carbocycles. The fourth-order valence-electron chi connectivity index (χ4n) is 3.05. The summed E-state index contributed by atoms with van der Waals surface area (Å²) in [5.74, 6) is -4.34. The Labute approximate surface area is 185 Å². The summed E-state index contributed by atoms with van der Waals surface area (Å²) in [4.78, 5) is 24.5. The summed E-state index contributed by atoms with van der Waals surface area (Å²) in [5.41, 5.74) is -0.579. The van der Waals surface area contributed by atoms with Crippen molar-refractivity contribution in [2.24, 2.45) is 7.05 Å². The molecule has 0 spiro atoms. The lowest BCUT2D eigenvalue weighted by atomic mass is 10.1. The smallest absolute Gasteiger partial charge is 0.337 e. The average Bonchev–Trinajstić information content (AvgIpc) is 3.11. The van der Waals surface area contributed by atoms with Crippen molar-refractivity contribution in [2.75, 3.05) is 7.11 Å². The topological polar surface area (TPSA) is 82.5 Å². The Balaban J connectivity index is 1.90. The lowest BCUT2D eigenvalue weighted by molar-refractivity contribution is 0.0600. The van der Waals surface area contributed by atoms with Gasteiger partial charge in [-0.25, -0.2) is 27.0 Å². The second-order valence-electron chi connectivity index (χ2n) is 6.98. The van der Waals surface area contributed by atoms with Crippen molar-refractivity contribution in [3.05, 3.63) is 76.5 Å². The second-order valence-corrected chi connectivity index (χ2v) is 6.98. The summed E-state index contributed by atoms with van der Waals surface area (Å²) in [6.07, 6.45) is -3.12. The Hall–Kier alpha value is -3.89. The predicted molar refractivity (Wildman–Crippen MR) is 108 cm³/mol. The van der Waals surface area contributed by atoms with Gasteiger partial charge in [0.15, 0.2) is 11.6 Å². The molecule has 7 nitrogen and oxygen atoms in total. The van der Waals surface area contributed by atoms with Crippen LogP contribution in [0.4, 0.5) is 17.6 Å². The van der Waals surface area contributed by atoms with Crippen LogP contribution in [-0.4, -0.2) is 28.8 Å². The second kappa shape index (κ2) is 9.72. The number of carbonyl (C=O) groups excluding carboxylic acids is 2. The van der Waals surface area contributed by atoms with Crippen molar-refractivity contribution < 1.29 is 36.6 Å². The molecule has 3 aromatic rings. The van der Waals surface area contributed by atoms with Crippen LogP contribution in [0.3, 0.4) is 0 Å². The van der Waals surface area contributed by atoms with Gasteiger partial charge >= 0.3 is 5.97 Å². The number of benzene rings is 2. The number of nitrogens with zero attached hydrogens (tertiary/aromatic N) is 2. The molecule has 0 fully saturated rings. The van der Waals surface area contributed by atoms with E-state index in [9.17, 15) is 27.2 Å². The lowest BCUT2D eigenvalue weighted by Gasteiger charge is -2.16. The SMILES string of the molecule is COC(=O)c1ccc([C@H](C)NC(=O)c2c(C(F)F)nn(C)c2Oc2ccc(F)cc2F)cc1. The first-order chi connectivity index (χ1) is 15.6. The number of methoxy groups -OCH3 is 1. The van der Waals surface area contributed by atoms with Gasteiger partial charge in [0.2, 0.25) is 5.88 Å². The Morgan fingerprint density at radius 3 is 2.33 bits per heavy atom. The van der Waals surface area contributed by atoms with Crippen molar-refractivity contribution in [1.82, 2.24) is 15.1 Å². The minimum atomic E-state index is -3.12. The number of aromatic nitrogens is 2. The molecular weight excluding hydrogens is 446 g/mol. The van der Waals surface area contributed by atoms with Gasteiger partial charge < -0.3 is 14.8 Å². The Kier molecular flexibility index (Phi) is 7.00. The lowest BCUT2D eigenvalue weighted by Crippen LogP contribution is -2.27. The Morgan fingerprint density at radius 2 is 1.76 bits per heavy atom. The maximum absolute atomic E-state index is 14.0. The van der Waals surface area contributed by atoms with Gasteiger partial charge in [-0.3, -0.25) is 4.79 Å². The number of halogens is 4. The molecule has 0 unspecified atom stereocenters. The van der Waals surface area contributed by atoms with Crippen molar-refractivity contribution in [1.29, 1.82) is 0 Å². The average molecular weight is 465 g/mol. The normalized spacial score (nSPS) is 11.9. The number of amides is 1. The van der Waals surface area contributed by atoms with Crippen molar-refractivity contribution in [3.63, 3.8) is 0 Å². The van der Waals surface area contributed by atoms with Crippen LogP contribution in [0.25, 0.3) is 0 Å².